The molecule has 6 rings (SSSR count). The molecule has 4 heterocycles. The summed E-state index contributed by atoms with van der Waals surface area (Å²) in [7, 11) is 0. The average molecular weight is 452 g/mol. The van der Waals surface area contributed by atoms with E-state index in [-0.39, 0.29) is 0 Å². The maximum Gasteiger partial charge on any atom is 0.333 e. The molecule has 0 radical (unpaired) electrons. The van der Waals surface area contributed by atoms with Crippen LogP contribution in [-0.4, -0.2) is 34.4 Å². The highest BCUT2D eigenvalue weighted by atomic mass is 16.7. The first kappa shape index (κ1) is 22.6. The van der Waals surface area contributed by atoms with Crippen LogP contribution in [0.2, 0.25) is 0 Å². The molecule has 33 heavy (non-hydrogen) atoms. The number of hydrogen-bond acceptors (Lipinski definition) is 8. The lowest BCUT2D eigenvalue weighted by Gasteiger charge is -2.51. The first-order valence-electron chi connectivity index (χ1n) is 10.2. The Bertz CT molecular complexity index is 1100. The van der Waals surface area contributed by atoms with E-state index in [9.17, 15) is 19.8 Å². The standard InChI is InChI=1S/C25H24O8/c1-5-19(26)30-22(25(33-20(27)6-2)16-9-13-18(32-25)14-10-16)23(3,4)21(28)24(29)15-7-11-17(31-24)12-8-15/h5-14,21-22,28-29H,1-2H2,3-4H3. The zero-order chi connectivity index (χ0) is 24.0. The summed E-state index contributed by atoms with van der Waals surface area (Å²) in [6.45, 7) is 9.93. The van der Waals surface area contributed by atoms with E-state index in [1.54, 1.807) is 48.5 Å². The van der Waals surface area contributed by atoms with E-state index >= 15 is 0 Å². The molecule has 2 aromatic rings. The van der Waals surface area contributed by atoms with Crippen molar-refractivity contribution in [2.75, 3.05) is 0 Å². The fraction of sp³-hybridized carbons (Fsp3) is 0.280. The maximum absolute atomic E-state index is 12.4. The molecule has 4 atom stereocenters. The molecule has 0 aliphatic carbocycles. The number of aliphatic hydroxyl groups excluding tert-OH is 1. The first-order valence-corrected chi connectivity index (χ1v) is 10.2. The van der Waals surface area contributed by atoms with Gasteiger partial charge in [-0.05, 0) is 48.5 Å². The number of benzene rings is 2. The van der Waals surface area contributed by atoms with Crippen molar-refractivity contribution in [3.8, 4) is 11.5 Å². The predicted octanol–water partition coefficient (Wildman–Crippen LogP) is 2.68. The molecule has 8 nitrogen and oxygen atoms in total. The quantitative estimate of drug-likeness (QED) is 0.465. The zero-order valence-electron chi connectivity index (χ0n) is 18.2. The predicted molar refractivity (Wildman–Crippen MR) is 116 cm³/mol. The van der Waals surface area contributed by atoms with Crippen LogP contribution in [0.1, 0.15) is 25.0 Å². The van der Waals surface area contributed by atoms with E-state index < -0.39 is 41.1 Å². The number of ether oxygens (including phenoxy) is 4. The molecule has 2 N–H and O–H groups in total. The molecule has 0 saturated carbocycles. The SMILES string of the molecule is C=CC(=O)OC(C1(OC(=O)C=C)Oc2ccc1cc2)C(C)(C)C(O)C1(O)Oc2ccc1cc2. The molecule has 172 valence electrons. The van der Waals surface area contributed by atoms with Crippen LogP contribution in [0.5, 0.6) is 11.5 Å². The van der Waals surface area contributed by atoms with Gasteiger partial charge in [0.15, 0.2) is 6.10 Å². The molecule has 2 aromatic carbocycles. The number of fused-ring (bicyclic) bond motifs is 6. The fourth-order valence-electron chi connectivity index (χ4n) is 4.26. The van der Waals surface area contributed by atoms with E-state index in [0.29, 0.717) is 22.6 Å². The minimum Gasteiger partial charge on any atom is -0.455 e. The Balaban J connectivity index is 1.84. The third kappa shape index (κ3) is 3.48. The van der Waals surface area contributed by atoms with Gasteiger partial charge in [-0.3, -0.25) is 0 Å². The van der Waals surface area contributed by atoms with Crippen molar-refractivity contribution in [2.24, 2.45) is 5.41 Å². The highest BCUT2D eigenvalue weighted by molar-refractivity contribution is 5.82. The number of esters is 2. The summed E-state index contributed by atoms with van der Waals surface area (Å²) in [5.41, 5.74) is -0.861. The second-order valence-electron chi connectivity index (χ2n) is 8.49. The molecule has 0 aromatic heterocycles. The molecule has 0 saturated heterocycles. The number of carbonyl (C=O) groups is 2. The first-order chi connectivity index (χ1) is 15.6. The van der Waals surface area contributed by atoms with Crippen molar-refractivity contribution in [3.05, 3.63) is 85.0 Å². The molecule has 0 fully saturated rings. The zero-order valence-corrected chi connectivity index (χ0v) is 18.2. The number of rotatable bonds is 8. The second kappa shape index (κ2) is 7.75. The van der Waals surface area contributed by atoms with Gasteiger partial charge in [0.25, 0.3) is 5.79 Å². The Hall–Kier alpha value is -3.62. The van der Waals surface area contributed by atoms with Crippen LogP contribution in [0.15, 0.2) is 73.8 Å². The Morgan fingerprint density at radius 2 is 1.45 bits per heavy atom. The summed E-state index contributed by atoms with van der Waals surface area (Å²) < 4.78 is 23.0. The van der Waals surface area contributed by atoms with Crippen LogP contribution in [-0.2, 0) is 30.6 Å². The molecule has 0 amide bonds. The van der Waals surface area contributed by atoms with Crippen molar-refractivity contribution in [1.29, 1.82) is 0 Å². The van der Waals surface area contributed by atoms with Gasteiger partial charge >= 0.3 is 17.7 Å². The summed E-state index contributed by atoms with van der Waals surface area (Å²) >= 11 is 0. The van der Waals surface area contributed by atoms with Gasteiger partial charge in [-0.1, -0.05) is 27.0 Å². The summed E-state index contributed by atoms with van der Waals surface area (Å²) in [5.74, 6) is -5.13. The minimum absolute atomic E-state index is 0.303. The summed E-state index contributed by atoms with van der Waals surface area (Å²) in [5, 5.41) is 22.8. The largest absolute Gasteiger partial charge is 0.455 e. The smallest absolute Gasteiger partial charge is 0.333 e. The van der Waals surface area contributed by atoms with Crippen LogP contribution in [0.25, 0.3) is 0 Å². The van der Waals surface area contributed by atoms with Crippen LogP contribution in [0.4, 0.5) is 0 Å². The van der Waals surface area contributed by atoms with Crippen LogP contribution >= 0.6 is 0 Å². The molecule has 4 bridgehead atoms. The van der Waals surface area contributed by atoms with Crippen LogP contribution in [0.3, 0.4) is 0 Å². The Kier molecular flexibility index (Phi) is 5.30. The van der Waals surface area contributed by atoms with E-state index in [1.807, 2.05) is 0 Å². The average Bonchev–Trinajstić information content (AvgIpc) is 2.82. The molecule has 0 spiro atoms. The number of hydrogen-bond donors (Lipinski definition) is 2. The van der Waals surface area contributed by atoms with Crippen molar-refractivity contribution >= 4 is 11.9 Å². The Labute approximate surface area is 190 Å². The number of carbonyl (C=O) groups excluding carboxylic acids is 2. The van der Waals surface area contributed by atoms with Gasteiger partial charge < -0.3 is 29.2 Å². The van der Waals surface area contributed by atoms with Crippen molar-refractivity contribution in [2.45, 2.75) is 37.6 Å². The summed E-state index contributed by atoms with van der Waals surface area (Å²) in [6, 6.07) is 13.1. The van der Waals surface area contributed by atoms with Gasteiger partial charge in [-0.15, -0.1) is 0 Å². The lowest BCUT2D eigenvalue weighted by molar-refractivity contribution is -0.306. The maximum atomic E-state index is 12.4. The highest BCUT2D eigenvalue weighted by Gasteiger charge is 2.63. The van der Waals surface area contributed by atoms with Gasteiger partial charge in [0, 0.05) is 28.7 Å². The van der Waals surface area contributed by atoms with Gasteiger partial charge in [-0.25, -0.2) is 9.59 Å². The fourth-order valence-corrected chi connectivity index (χ4v) is 4.26. The molecular formula is C25H24O8. The van der Waals surface area contributed by atoms with Crippen molar-refractivity contribution in [1.82, 2.24) is 0 Å². The van der Waals surface area contributed by atoms with Crippen LogP contribution < -0.4 is 9.47 Å². The lowest BCUT2D eigenvalue weighted by atomic mass is 9.70. The van der Waals surface area contributed by atoms with E-state index in [1.165, 1.54) is 13.8 Å². The third-order valence-corrected chi connectivity index (χ3v) is 5.98. The molecule has 4 aliphatic heterocycles. The summed E-state index contributed by atoms with van der Waals surface area (Å²) in [6.07, 6.45) is -1.25. The molecular weight excluding hydrogens is 428 g/mol. The van der Waals surface area contributed by atoms with E-state index in [4.69, 9.17) is 18.9 Å². The number of aliphatic hydroxyl groups is 2. The van der Waals surface area contributed by atoms with Gasteiger partial charge in [0.05, 0.1) is 0 Å². The Morgan fingerprint density at radius 1 is 0.939 bits per heavy atom. The molecule has 4 unspecified atom stereocenters. The van der Waals surface area contributed by atoms with E-state index in [2.05, 4.69) is 13.2 Å². The topological polar surface area (TPSA) is 112 Å². The highest BCUT2D eigenvalue weighted by Crippen LogP contribution is 2.50. The van der Waals surface area contributed by atoms with Gasteiger partial charge in [-0.2, -0.15) is 0 Å². The van der Waals surface area contributed by atoms with Gasteiger partial charge in [0.1, 0.15) is 17.6 Å². The Morgan fingerprint density at radius 3 is 1.88 bits per heavy atom. The van der Waals surface area contributed by atoms with Crippen molar-refractivity contribution < 1.29 is 38.7 Å². The third-order valence-electron chi connectivity index (χ3n) is 5.98. The van der Waals surface area contributed by atoms with E-state index in [0.717, 1.165) is 12.2 Å². The van der Waals surface area contributed by atoms with Crippen LogP contribution in [0, 0.1) is 5.41 Å². The summed E-state index contributed by atoms with van der Waals surface area (Å²) in [4.78, 5) is 24.8. The lowest BCUT2D eigenvalue weighted by Crippen LogP contribution is -2.64. The molecule has 8 heteroatoms. The minimum atomic E-state index is -2.15. The normalized spacial score (nSPS) is 24.1. The van der Waals surface area contributed by atoms with Gasteiger partial charge in [0.2, 0.25) is 0 Å². The monoisotopic (exact) mass is 452 g/mol. The molecule has 4 aliphatic rings. The second-order valence-corrected chi connectivity index (χ2v) is 8.49. The van der Waals surface area contributed by atoms with Crippen molar-refractivity contribution in [3.63, 3.8) is 0 Å².